The number of pyridine rings is 1. The predicted octanol–water partition coefficient (Wildman–Crippen LogP) is 12.8. The molecule has 10 rings (SSSR count). The van der Waals surface area contributed by atoms with E-state index in [1.807, 2.05) is 24.4 Å². The summed E-state index contributed by atoms with van der Waals surface area (Å²) < 4.78 is 12.6. The van der Waals surface area contributed by atoms with Crippen molar-refractivity contribution in [3.05, 3.63) is 170 Å². The van der Waals surface area contributed by atoms with Crippen molar-refractivity contribution in [2.75, 3.05) is 4.90 Å². The van der Waals surface area contributed by atoms with Gasteiger partial charge < -0.3 is 13.7 Å². The lowest BCUT2D eigenvalue weighted by molar-refractivity contribution is 0.654. The Morgan fingerprint density at radius 1 is 0.408 bits per heavy atom. The monoisotopic (exact) mass is 628 g/mol. The van der Waals surface area contributed by atoms with Gasteiger partial charge in [0, 0.05) is 33.1 Å². The lowest BCUT2D eigenvalue weighted by Gasteiger charge is -2.25. The molecule has 0 saturated heterocycles. The van der Waals surface area contributed by atoms with Gasteiger partial charge in [0.15, 0.2) is 0 Å². The first kappa shape index (κ1) is 27.5. The maximum Gasteiger partial charge on any atom is 0.227 e. The number of hydrogen-bond donors (Lipinski definition) is 0. The molecule has 10 aromatic rings. The molecule has 0 fully saturated rings. The lowest BCUT2D eigenvalue weighted by atomic mass is 10.0. The van der Waals surface area contributed by atoms with Crippen molar-refractivity contribution in [3.8, 4) is 22.3 Å². The average molecular weight is 629 g/mol. The minimum absolute atomic E-state index is 0.628. The SMILES string of the molecule is c1ccc(-c2ccc(N(c3ccc(-c4cccc5c4oc4ccccc45)cc3)c3cnc4oc5cc6ccccc6cc5c4c3)cc2)cc1. The highest BCUT2D eigenvalue weighted by atomic mass is 16.3. The van der Waals surface area contributed by atoms with Gasteiger partial charge in [-0.1, -0.05) is 115 Å². The van der Waals surface area contributed by atoms with Crippen LogP contribution < -0.4 is 4.90 Å². The van der Waals surface area contributed by atoms with Crippen LogP contribution in [-0.4, -0.2) is 4.98 Å². The molecular weight excluding hydrogens is 601 g/mol. The molecule has 0 aliphatic heterocycles. The summed E-state index contributed by atoms with van der Waals surface area (Å²) in [6.07, 6.45) is 1.90. The number of anilines is 3. The van der Waals surface area contributed by atoms with E-state index in [0.717, 1.165) is 71.9 Å². The second-order valence-electron chi connectivity index (χ2n) is 12.4. The average Bonchev–Trinajstić information content (AvgIpc) is 3.73. The molecule has 49 heavy (non-hydrogen) atoms. The maximum atomic E-state index is 6.37. The topological polar surface area (TPSA) is 42.4 Å². The van der Waals surface area contributed by atoms with Crippen LogP contribution in [0.3, 0.4) is 0 Å². The highest BCUT2D eigenvalue weighted by Gasteiger charge is 2.18. The number of nitrogens with zero attached hydrogens (tertiary/aromatic N) is 2. The summed E-state index contributed by atoms with van der Waals surface area (Å²) in [5, 5.41) is 6.61. The van der Waals surface area contributed by atoms with Crippen LogP contribution in [0.15, 0.2) is 179 Å². The fourth-order valence-corrected chi connectivity index (χ4v) is 7.10. The molecule has 0 amide bonds. The van der Waals surface area contributed by atoms with Crippen molar-refractivity contribution in [3.63, 3.8) is 0 Å². The molecule has 0 saturated carbocycles. The van der Waals surface area contributed by atoms with Gasteiger partial charge >= 0.3 is 0 Å². The fourth-order valence-electron chi connectivity index (χ4n) is 7.10. The predicted molar refractivity (Wildman–Crippen MR) is 202 cm³/mol. The Balaban J connectivity index is 1.11. The zero-order valence-electron chi connectivity index (χ0n) is 26.4. The van der Waals surface area contributed by atoms with Gasteiger partial charge in [-0.05, 0) is 76.0 Å². The second-order valence-corrected chi connectivity index (χ2v) is 12.4. The van der Waals surface area contributed by atoms with Gasteiger partial charge in [-0.25, -0.2) is 4.98 Å². The fraction of sp³-hybridized carbons (Fsp3) is 0. The number of para-hydroxylation sites is 2. The number of aromatic nitrogens is 1. The highest BCUT2D eigenvalue weighted by molar-refractivity contribution is 6.11. The molecule has 3 heterocycles. The zero-order valence-corrected chi connectivity index (χ0v) is 26.4. The second kappa shape index (κ2) is 11.0. The molecule has 0 aliphatic rings. The first-order valence-electron chi connectivity index (χ1n) is 16.4. The third-order valence-electron chi connectivity index (χ3n) is 9.51. The third-order valence-corrected chi connectivity index (χ3v) is 9.51. The third kappa shape index (κ3) is 4.57. The van der Waals surface area contributed by atoms with Gasteiger partial charge in [0.2, 0.25) is 5.71 Å². The lowest BCUT2D eigenvalue weighted by Crippen LogP contribution is -2.10. The molecule has 0 bridgehead atoms. The van der Waals surface area contributed by atoms with Gasteiger partial charge in [-0.3, -0.25) is 0 Å². The van der Waals surface area contributed by atoms with Crippen LogP contribution in [0.1, 0.15) is 0 Å². The van der Waals surface area contributed by atoms with Crippen molar-refractivity contribution >= 4 is 71.8 Å². The van der Waals surface area contributed by atoms with Crippen molar-refractivity contribution in [1.29, 1.82) is 0 Å². The summed E-state index contributed by atoms with van der Waals surface area (Å²) in [7, 11) is 0. The van der Waals surface area contributed by atoms with E-state index in [-0.39, 0.29) is 0 Å². The van der Waals surface area contributed by atoms with Crippen LogP contribution in [0.4, 0.5) is 17.1 Å². The van der Waals surface area contributed by atoms with E-state index in [2.05, 4.69) is 150 Å². The van der Waals surface area contributed by atoms with Crippen molar-refractivity contribution < 1.29 is 8.83 Å². The molecule has 0 unspecified atom stereocenters. The van der Waals surface area contributed by atoms with Gasteiger partial charge in [-0.2, -0.15) is 0 Å². The Labute approximate surface area is 282 Å². The van der Waals surface area contributed by atoms with Crippen LogP contribution in [0.2, 0.25) is 0 Å². The van der Waals surface area contributed by atoms with Gasteiger partial charge in [0.05, 0.1) is 17.3 Å². The molecular formula is C45H28N2O2. The molecule has 0 atom stereocenters. The number of rotatable bonds is 5. The summed E-state index contributed by atoms with van der Waals surface area (Å²) in [5.74, 6) is 0. The van der Waals surface area contributed by atoms with E-state index in [1.165, 1.54) is 16.5 Å². The first-order chi connectivity index (χ1) is 24.3. The molecule has 230 valence electrons. The Morgan fingerprint density at radius 3 is 1.86 bits per heavy atom. The van der Waals surface area contributed by atoms with Crippen molar-refractivity contribution in [1.82, 2.24) is 4.98 Å². The molecule has 7 aromatic carbocycles. The molecule has 3 aromatic heterocycles. The van der Waals surface area contributed by atoms with E-state index in [0.29, 0.717) is 5.71 Å². The van der Waals surface area contributed by atoms with E-state index in [1.54, 1.807) is 0 Å². The minimum Gasteiger partial charge on any atom is -0.455 e. The number of furan rings is 2. The van der Waals surface area contributed by atoms with Crippen LogP contribution in [0, 0.1) is 0 Å². The van der Waals surface area contributed by atoms with Crippen LogP contribution in [-0.2, 0) is 0 Å². The largest absolute Gasteiger partial charge is 0.455 e. The Hall–Kier alpha value is -6.65. The first-order valence-corrected chi connectivity index (χ1v) is 16.4. The summed E-state index contributed by atoms with van der Waals surface area (Å²) in [6.45, 7) is 0. The molecule has 0 N–H and O–H groups in total. The van der Waals surface area contributed by atoms with Crippen molar-refractivity contribution in [2.45, 2.75) is 0 Å². The highest BCUT2D eigenvalue weighted by Crippen LogP contribution is 2.41. The summed E-state index contributed by atoms with van der Waals surface area (Å²) in [5.41, 5.74) is 10.8. The van der Waals surface area contributed by atoms with Gasteiger partial charge in [0.1, 0.15) is 16.7 Å². The van der Waals surface area contributed by atoms with E-state index < -0.39 is 0 Å². The summed E-state index contributed by atoms with van der Waals surface area (Å²) in [6, 6.07) is 57.3. The quantitative estimate of drug-likeness (QED) is 0.190. The van der Waals surface area contributed by atoms with Gasteiger partial charge in [-0.15, -0.1) is 0 Å². The molecule has 4 nitrogen and oxygen atoms in total. The van der Waals surface area contributed by atoms with E-state index >= 15 is 0 Å². The number of hydrogen-bond acceptors (Lipinski definition) is 4. The zero-order chi connectivity index (χ0) is 32.3. The minimum atomic E-state index is 0.628. The smallest absolute Gasteiger partial charge is 0.227 e. The van der Waals surface area contributed by atoms with Crippen LogP contribution in [0.25, 0.3) is 77.0 Å². The van der Waals surface area contributed by atoms with Gasteiger partial charge in [0.25, 0.3) is 0 Å². The summed E-state index contributed by atoms with van der Waals surface area (Å²) >= 11 is 0. The maximum absolute atomic E-state index is 6.37. The molecule has 0 spiro atoms. The molecule has 0 aliphatic carbocycles. The van der Waals surface area contributed by atoms with Crippen LogP contribution >= 0.6 is 0 Å². The molecule has 0 radical (unpaired) electrons. The number of fused-ring (bicyclic) bond motifs is 7. The van der Waals surface area contributed by atoms with E-state index in [9.17, 15) is 0 Å². The normalized spacial score (nSPS) is 11.7. The number of benzene rings is 7. The van der Waals surface area contributed by atoms with E-state index in [4.69, 9.17) is 13.8 Å². The van der Waals surface area contributed by atoms with Crippen molar-refractivity contribution in [2.24, 2.45) is 0 Å². The Kier molecular flexibility index (Phi) is 6.15. The van der Waals surface area contributed by atoms with Crippen LogP contribution in [0.5, 0.6) is 0 Å². The Bertz CT molecular complexity index is 2810. The summed E-state index contributed by atoms with van der Waals surface area (Å²) in [4.78, 5) is 7.10. The standard InChI is InChI=1S/C45H28N2O2/c1-2-9-29(10-3-1)30-17-21-34(22-18-30)47(36-27-41-40-25-32-11-4-5-12-33(32)26-43(40)49-45(41)46-28-36)35-23-19-31(20-24-35)37-14-8-15-39-38-13-6-7-16-42(38)48-44(37)39/h1-28H. The molecule has 4 heteroatoms. The Morgan fingerprint density at radius 2 is 1.06 bits per heavy atom.